The molecule has 0 spiro atoms. The summed E-state index contributed by atoms with van der Waals surface area (Å²) in [5.41, 5.74) is 11.7. The number of carboxylic acid groups (broad SMARTS) is 1. The van der Waals surface area contributed by atoms with Crippen LogP contribution in [0.25, 0.3) is 0 Å². The molecule has 2 aromatic rings. The van der Waals surface area contributed by atoms with Crippen LogP contribution in [0.3, 0.4) is 0 Å². The van der Waals surface area contributed by atoms with Gasteiger partial charge in [0.2, 0.25) is 0 Å². The summed E-state index contributed by atoms with van der Waals surface area (Å²) in [6.45, 7) is 0. The number of pyridine rings is 2. The van der Waals surface area contributed by atoms with Crippen LogP contribution in [-0.2, 0) is 4.74 Å². The van der Waals surface area contributed by atoms with Crippen molar-refractivity contribution in [2.75, 3.05) is 18.6 Å². The number of esters is 1. The minimum absolute atomic E-state index is 0.0619. The average molecular weight is 448 g/mol. The van der Waals surface area contributed by atoms with Crippen LogP contribution in [0.5, 0.6) is 0 Å². The molecule has 2 aromatic heterocycles. The minimum Gasteiger partial charge on any atom is -0.478 e. The molecule has 0 atom stereocenters. The van der Waals surface area contributed by atoms with Crippen LogP contribution in [0.4, 0.5) is 11.4 Å². The molecule has 0 bridgehead atoms. The fourth-order valence-electron chi connectivity index (χ4n) is 1.35. The summed E-state index contributed by atoms with van der Waals surface area (Å²) in [6, 6.07) is 2.87. The lowest BCUT2D eigenvalue weighted by atomic mass is 10.2. The number of hydrogen-bond donors (Lipinski definition) is 3. The number of nitrogens with two attached hydrogens (primary N) is 2. The van der Waals surface area contributed by atoms with Gasteiger partial charge in [-0.15, -0.1) is 0 Å². The zero-order valence-electron chi connectivity index (χ0n) is 11.8. The average Bonchev–Trinajstić information content (AvgIpc) is 2.51. The van der Waals surface area contributed by atoms with Crippen LogP contribution in [0, 0.1) is 0 Å². The number of nitrogens with zero attached hydrogens (tertiary/aromatic N) is 2. The molecule has 0 amide bonds. The molecule has 8 nitrogen and oxygen atoms in total. The van der Waals surface area contributed by atoms with Crippen molar-refractivity contribution in [3.8, 4) is 0 Å². The normalized spacial score (nSPS) is 9.52. The Hall–Kier alpha value is -2.20. The van der Waals surface area contributed by atoms with Crippen molar-refractivity contribution in [3.05, 3.63) is 44.9 Å². The second-order valence-electron chi connectivity index (χ2n) is 3.99. The number of carbonyl (C=O) groups excluding carboxylic acids is 1. The molecule has 2 heterocycles. The van der Waals surface area contributed by atoms with Gasteiger partial charge in [-0.1, -0.05) is 0 Å². The summed E-state index contributed by atoms with van der Waals surface area (Å²) in [5.74, 6) is -1.51. The number of aromatic carboxylic acids is 1. The quantitative estimate of drug-likeness (QED) is 0.470. The van der Waals surface area contributed by atoms with Gasteiger partial charge in [0.05, 0.1) is 42.0 Å². The molecule has 0 saturated carbocycles. The number of methoxy groups -OCH3 is 1. The molecular weight excluding hydrogens is 436 g/mol. The maximum atomic E-state index is 11.0. The number of aromatic nitrogens is 2. The topological polar surface area (TPSA) is 141 Å². The molecule has 0 aliphatic heterocycles. The van der Waals surface area contributed by atoms with Crippen molar-refractivity contribution in [3.63, 3.8) is 0 Å². The Morgan fingerprint density at radius 2 is 1.48 bits per heavy atom. The predicted molar refractivity (Wildman–Crippen MR) is 91.0 cm³/mol. The molecule has 0 aliphatic rings. The molecule has 0 radical (unpaired) electrons. The molecule has 0 aliphatic carbocycles. The molecule has 10 heteroatoms. The molecule has 2 rings (SSSR count). The van der Waals surface area contributed by atoms with E-state index in [0.29, 0.717) is 20.5 Å². The SMILES string of the molecule is COC(=O)c1cc(Br)ncc1N.Nc1cnc(Br)cc1C(=O)O. The van der Waals surface area contributed by atoms with Gasteiger partial charge in [0.15, 0.2) is 0 Å². The number of halogens is 2. The third kappa shape index (κ3) is 5.49. The van der Waals surface area contributed by atoms with Gasteiger partial charge in [0, 0.05) is 0 Å². The zero-order chi connectivity index (χ0) is 17.6. The molecular formula is C13H12Br2N4O4. The highest BCUT2D eigenvalue weighted by molar-refractivity contribution is 9.10. The summed E-state index contributed by atoms with van der Waals surface area (Å²) in [7, 11) is 1.30. The predicted octanol–water partition coefficient (Wildman–Crippen LogP) is 2.34. The highest BCUT2D eigenvalue weighted by Gasteiger charge is 2.10. The highest BCUT2D eigenvalue weighted by Crippen LogP contribution is 2.16. The molecule has 0 unspecified atom stereocenters. The number of carbonyl (C=O) groups is 2. The smallest absolute Gasteiger partial charge is 0.340 e. The third-order valence-electron chi connectivity index (χ3n) is 2.44. The lowest BCUT2D eigenvalue weighted by Crippen LogP contribution is -2.05. The second kappa shape index (κ2) is 8.44. The molecule has 0 fully saturated rings. The Balaban J connectivity index is 0.000000231. The van der Waals surface area contributed by atoms with Crippen molar-refractivity contribution in [1.82, 2.24) is 9.97 Å². The minimum atomic E-state index is -1.05. The van der Waals surface area contributed by atoms with E-state index in [0.717, 1.165) is 0 Å². The number of nitrogen functional groups attached to an aromatic ring is 2. The summed E-state index contributed by atoms with van der Waals surface area (Å²) >= 11 is 6.15. The van der Waals surface area contributed by atoms with Crippen molar-refractivity contribution in [1.29, 1.82) is 0 Å². The maximum Gasteiger partial charge on any atom is 0.340 e. The van der Waals surface area contributed by atoms with E-state index >= 15 is 0 Å². The van der Waals surface area contributed by atoms with Gasteiger partial charge in [0.1, 0.15) is 9.21 Å². The van der Waals surface area contributed by atoms with Gasteiger partial charge in [-0.2, -0.15) is 0 Å². The van der Waals surface area contributed by atoms with Crippen molar-refractivity contribution in [2.24, 2.45) is 0 Å². The van der Waals surface area contributed by atoms with Crippen molar-refractivity contribution >= 4 is 55.2 Å². The van der Waals surface area contributed by atoms with Gasteiger partial charge in [-0.25, -0.2) is 19.6 Å². The van der Waals surface area contributed by atoms with Crippen LogP contribution >= 0.6 is 31.9 Å². The summed E-state index contributed by atoms with van der Waals surface area (Å²) in [5, 5.41) is 8.56. The van der Waals surface area contributed by atoms with Crippen LogP contribution < -0.4 is 11.5 Å². The van der Waals surface area contributed by atoms with Crippen LogP contribution in [-0.4, -0.2) is 34.1 Å². The van der Waals surface area contributed by atoms with Gasteiger partial charge in [0.25, 0.3) is 0 Å². The standard InChI is InChI=1S/C7H7BrN2O2.C6H5BrN2O2/c1-12-7(11)4-2-6(8)10-3-5(4)9;7-5-1-3(6(10)11)4(8)2-9-5/h2-3H,9H2,1H3;1-2H,8H2,(H,10,11). The first-order chi connectivity index (χ1) is 10.8. The number of carboxylic acids is 1. The van der Waals surface area contributed by atoms with Crippen LogP contribution in [0.2, 0.25) is 0 Å². The Bertz CT molecular complexity index is 740. The van der Waals surface area contributed by atoms with E-state index < -0.39 is 11.9 Å². The van der Waals surface area contributed by atoms with E-state index in [1.165, 1.54) is 31.6 Å². The van der Waals surface area contributed by atoms with E-state index in [2.05, 4.69) is 46.6 Å². The van der Waals surface area contributed by atoms with Gasteiger partial charge >= 0.3 is 11.9 Å². The number of hydrogen-bond acceptors (Lipinski definition) is 7. The number of ether oxygens (including phenoxy) is 1. The molecule has 0 saturated heterocycles. The number of rotatable bonds is 2. The van der Waals surface area contributed by atoms with Crippen molar-refractivity contribution < 1.29 is 19.4 Å². The number of anilines is 2. The first-order valence-corrected chi connectivity index (χ1v) is 7.48. The molecule has 122 valence electrons. The van der Waals surface area contributed by atoms with E-state index in [1.54, 1.807) is 0 Å². The van der Waals surface area contributed by atoms with E-state index in [1.807, 2.05) is 0 Å². The lowest BCUT2D eigenvalue weighted by molar-refractivity contribution is 0.0600. The Morgan fingerprint density at radius 1 is 1.04 bits per heavy atom. The summed E-state index contributed by atoms with van der Waals surface area (Å²) < 4.78 is 5.52. The van der Waals surface area contributed by atoms with E-state index in [-0.39, 0.29) is 11.3 Å². The lowest BCUT2D eigenvalue weighted by Gasteiger charge is -2.02. The Morgan fingerprint density at radius 3 is 1.87 bits per heavy atom. The van der Waals surface area contributed by atoms with Crippen LogP contribution in [0.15, 0.2) is 33.7 Å². The molecule has 23 heavy (non-hydrogen) atoms. The monoisotopic (exact) mass is 446 g/mol. The fraction of sp³-hybridized carbons (Fsp3) is 0.0769. The van der Waals surface area contributed by atoms with Gasteiger partial charge in [-0.3, -0.25) is 0 Å². The largest absolute Gasteiger partial charge is 0.478 e. The Kier molecular flexibility index (Phi) is 6.91. The third-order valence-corrected chi connectivity index (χ3v) is 3.31. The Labute approximate surface area is 148 Å². The first-order valence-electron chi connectivity index (χ1n) is 5.90. The summed E-state index contributed by atoms with van der Waals surface area (Å²) in [6.07, 6.45) is 2.70. The molecule has 0 aromatic carbocycles. The fourth-order valence-corrected chi connectivity index (χ4v) is 2.02. The highest BCUT2D eigenvalue weighted by atomic mass is 79.9. The maximum absolute atomic E-state index is 11.0. The summed E-state index contributed by atoms with van der Waals surface area (Å²) in [4.78, 5) is 29.1. The van der Waals surface area contributed by atoms with Gasteiger partial charge < -0.3 is 21.3 Å². The van der Waals surface area contributed by atoms with E-state index in [4.69, 9.17) is 16.6 Å². The zero-order valence-corrected chi connectivity index (χ0v) is 15.0. The van der Waals surface area contributed by atoms with E-state index in [9.17, 15) is 9.59 Å². The van der Waals surface area contributed by atoms with Gasteiger partial charge in [-0.05, 0) is 44.0 Å². The van der Waals surface area contributed by atoms with Crippen molar-refractivity contribution in [2.45, 2.75) is 0 Å². The second-order valence-corrected chi connectivity index (χ2v) is 5.61. The van der Waals surface area contributed by atoms with Crippen LogP contribution in [0.1, 0.15) is 20.7 Å². The first kappa shape index (κ1) is 18.8. The molecule has 5 N–H and O–H groups in total.